The largest absolute Gasteiger partial charge is 0.352 e. The van der Waals surface area contributed by atoms with Crippen LogP contribution in [0.5, 0.6) is 0 Å². The van der Waals surface area contributed by atoms with Crippen LogP contribution in [0.25, 0.3) is 0 Å². The second-order valence-corrected chi connectivity index (χ2v) is 7.87. The molecule has 4 nitrogen and oxygen atoms in total. The van der Waals surface area contributed by atoms with E-state index in [2.05, 4.69) is 5.32 Å². The van der Waals surface area contributed by atoms with Crippen LogP contribution in [0.1, 0.15) is 32.6 Å². The number of amides is 1. The van der Waals surface area contributed by atoms with Gasteiger partial charge in [-0.3, -0.25) is 4.79 Å². The molecule has 0 aromatic heterocycles. The summed E-state index contributed by atoms with van der Waals surface area (Å²) < 4.78 is 23.6. The number of carbonyl (C=O) groups excluding carboxylic acids is 1. The zero-order valence-corrected chi connectivity index (χ0v) is 10.7. The fourth-order valence-electron chi connectivity index (χ4n) is 2.64. The summed E-state index contributed by atoms with van der Waals surface area (Å²) in [5.41, 5.74) is 0. The third kappa shape index (κ3) is 2.07. The van der Waals surface area contributed by atoms with Crippen LogP contribution in [0.2, 0.25) is 0 Å². The summed E-state index contributed by atoms with van der Waals surface area (Å²) in [7, 11) is -2.90. The van der Waals surface area contributed by atoms with E-state index in [1.54, 1.807) is 6.92 Å². The standard InChI is InChI=1S/C10H16ClNO3S/c1-6(11)10(13)12-7-4-8-2-3-9(5-7)16(8,14)15/h6-9H,2-5H2,1H3,(H,12,13). The summed E-state index contributed by atoms with van der Waals surface area (Å²) in [6.45, 7) is 1.62. The van der Waals surface area contributed by atoms with Gasteiger partial charge >= 0.3 is 0 Å². The second-order valence-electron chi connectivity index (χ2n) is 4.70. The first-order valence-electron chi connectivity index (χ1n) is 5.58. The van der Waals surface area contributed by atoms with Crippen LogP contribution in [0, 0.1) is 0 Å². The van der Waals surface area contributed by atoms with Crippen molar-refractivity contribution in [2.45, 2.75) is 54.5 Å². The number of sulfone groups is 1. The molecule has 0 saturated carbocycles. The van der Waals surface area contributed by atoms with Crippen LogP contribution in [-0.2, 0) is 14.6 Å². The second kappa shape index (κ2) is 4.18. The summed E-state index contributed by atoms with van der Waals surface area (Å²) in [5, 5.41) is 1.77. The maximum Gasteiger partial charge on any atom is 0.237 e. The quantitative estimate of drug-likeness (QED) is 0.753. The molecule has 2 rings (SSSR count). The minimum absolute atomic E-state index is 0.0188. The van der Waals surface area contributed by atoms with Crippen molar-refractivity contribution >= 4 is 27.3 Å². The minimum Gasteiger partial charge on any atom is -0.352 e. The Hall–Kier alpha value is -0.290. The number of hydrogen-bond donors (Lipinski definition) is 1. The average molecular weight is 266 g/mol. The van der Waals surface area contributed by atoms with Gasteiger partial charge in [0.1, 0.15) is 5.38 Å². The number of hydrogen-bond acceptors (Lipinski definition) is 3. The zero-order chi connectivity index (χ0) is 11.9. The van der Waals surface area contributed by atoms with Crippen LogP contribution in [-0.4, -0.2) is 36.2 Å². The number of rotatable bonds is 2. The lowest BCUT2D eigenvalue weighted by atomic mass is 10.1. The molecule has 1 N–H and O–H groups in total. The first-order valence-corrected chi connectivity index (χ1v) is 7.63. The molecule has 3 unspecified atom stereocenters. The number of fused-ring (bicyclic) bond motifs is 2. The lowest BCUT2D eigenvalue weighted by molar-refractivity contribution is -0.121. The SMILES string of the molecule is CC(Cl)C(=O)NC1CC2CCC(C1)S2(=O)=O. The van der Waals surface area contributed by atoms with Crippen molar-refractivity contribution in [1.29, 1.82) is 0 Å². The molecule has 2 aliphatic heterocycles. The maximum atomic E-state index is 11.8. The minimum atomic E-state index is -2.90. The molecule has 3 atom stereocenters. The van der Waals surface area contributed by atoms with Crippen LogP contribution >= 0.6 is 11.6 Å². The molecule has 16 heavy (non-hydrogen) atoms. The van der Waals surface area contributed by atoms with Gasteiger partial charge in [-0.25, -0.2) is 8.42 Å². The molecule has 2 heterocycles. The predicted molar refractivity (Wildman–Crippen MR) is 62.2 cm³/mol. The van der Waals surface area contributed by atoms with E-state index >= 15 is 0 Å². The molecule has 2 bridgehead atoms. The summed E-state index contributed by atoms with van der Waals surface area (Å²) in [4.78, 5) is 11.4. The molecule has 2 saturated heterocycles. The number of alkyl halides is 1. The van der Waals surface area contributed by atoms with Crippen molar-refractivity contribution in [1.82, 2.24) is 5.32 Å². The molecule has 2 aliphatic rings. The first-order chi connectivity index (χ1) is 7.41. The Morgan fingerprint density at radius 2 is 1.81 bits per heavy atom. The van der Waals surface area contributed by atoms with Gasteiger partial charge in [0.25, 0.3) is 0 Å². The van der Waals surface area contributed by atoms with E-state index in [1.807, 2.05) is 0 Å². The van der Waals surface area contributed by atoms with Gasteiger partial charge in [-0.1, -0.05) is 0 Å². The normalized spacial score (nSPS) is 38.0. The van der Waals surface area contributed by atoms with Crippen LogP contribution in [0.3, 0.4) is 0 Å². The van der Waals surface area contributed by atoms with E-state index in [0.29, 0.717) is 12.8 Å². The van der Waals surface area contributed by atoms with Crippen molar-refractivity contribution in [3.63, 3.8) is 0 Å². The lowest BCUT2D eigenvalue weighted by Crippen LogP contribution is -2.46. The highest BCUT2D eigenvalue weighted by atomic mass is 35.5. The van der Waals surface area contributed by atoms with E-state index in [0.717, 1.165) is 12.8 Å². The van der Waals surface area contributed by atoms with Gasteiger partial charge in [0.2, 0.25) is 5.91 Å². The summed E-state index contributed by atoms with van der Waals surface area (Å²) in [6.07, 6.45) is 2.59. The molecule has 0 aliphatic carbocycles. The fraction of sp³-hybridized carbons (Fsp3) is 0.900. The molecule has 2 fully saturated rings. The summed E-state index contributed by atoms with van der Waals surface area (Å²) in [6, 6.07) is -0.0188. The molecule has 0 radical (unpaired) electrons. The van der Waals surface area contributed by atoms with Crippen LogP contribution < -0.4 is 5.32 Å². The van der Waals surface area contributed by atoms with Gasteiger partial charge in [0.15, 0.2) is 9.84 Å². The zero-order valence-electron chi connectivity index (χ0n) is 9.15. The van der Waals surface area contributed by atoms with Crippen molar-refractivity contribution in [2.75, 3.05) is 0 Å². The predicted octanol–water partition coefficient (Wildman–Crippen LogP) is 0.838. The number of nitrogens with one attached hydrogen (secondary N) is 1. The Bertz CT molecular complexity index is 373. The Balaban J connectivity index is 2.01. The Labute approximate surface area is 101 Å². The molecule has 92 valence electrons. The first kappa shape index (κ1) is 12.2. The lowest BCUT2D eigenvalue weighted by Gasteiger charge is -2.28. The molecule has 0 aromatic rings. The van der Waals surface area contributed by atoms with Gasteiger partial charge in [-0.05, 0) is 32.6 Å². The summed E-state index contributed by atoms with van der Waals surface area (Å²) in [5.74, 6) is -0.203. The highest BCUT2D eigenvalue weighted by Gasteiger charge is 2.47. The van der Waals surface area contributed by atoms with E-state index < -0.39 is 15.2 Å². The van der Waals surface area contributed by atoms with E-state index in [-0.39, 0.29) is 22.4 Å². The molecule has 0 aromatic carbocycles. The molecule has 0 spiro atoms. The maximum absolute atomic E-state index is 11.8. The third-order valence-corrected chi connectivity index (χ3v) is 6.46. The Morgan fingerprint density at radius 1 is 1.31 bits per heavy atom. The van der Waals surface area contributed by atoms with Gasteiger partial charge in [-0.2, -0.15) is 0 Å². The highest BCUT2D eigenvalue weighted by Crippen LogP contribution is 2.38. The highest BCUT2D eigenvalue weighted by molar-refractivity contribution is 7.93. The number of carbonyl (C=O) groups is 1. The van der Waals surface area contributed by atoms with Gasteiger partial charge in [0, 0.05) is 6.04 Å². The van der Waals surface area contributed by atoms with Crippen molar-refractivity contribution in [3.05, 3.63) is 0 Å². The van der Waals surface area contributed by atoms with E-state index in [1.165, 1.54) is 0 Å². The fourth-order valence-corrected chi connectivity index (χ4v) is 5.18. The van der Waals surface area contributed by atoms with Crippen molar-refractivity contribution in [3.8, 4) is 0 Å². The number of halogens is 1. The molecular weight excluding hydrogens is 250 g/mol. The van der Waals surface area contributed by atoms with Crippen molar-refractivity contribution in [2.24, 2.45) is 0 Å². The molecule has 6 heteroatoms. The summed E-state index contributed by atoms with van der Waals surface area (Å²) >= 11 is 5.66. The monoisotopic (exact) mass is 265 g/mol. The van der Waals surface area contributed by atoms with Gasteiger partial charge in [-0.15, -0.1) is 11.6 Å². The van der Waals surface area contributed by atoms with Crippen LogP contribution in [0.15, 0.2) is 0 Å². The average Bonchev–Trinajstić information content (AvgIpc) is 2.41. The smallest absolute Gasteiger partial charge is 0.237 e. The van der Waals surface area contributed by atoms with E-state index in [9.17, 15) is 13.2 Å². The Morgan fingerprint density at radius 3 is 2.25 bits per heavy atom. The van der Waals surface area contributed by atoms with Crippen molar-refractivity contribution < 1.29 is 13.2 Å². The topological polar surface area (TPSA) is 63.2 Å². The van der Waals surface area contributed by atoms with Crippen LogP contribution in [0.4, 0.5) is 0 Å². The molecule has 1 amide bonds. The molecular formula is C10H16ClNO3S. The third-order valence-electron chi connectivity index (χ3n) is 3.54. The Kier molecular flexibility index (Phi) is 3.18. The van der Waals surface area contributed by atoms with E-state index in [4.69, 9.17) is 11.6 Å². The van der Waals surface area contributed by atoms with Gasteiger partial charge in [0.05, 0.1) is 10.5 Å². The van der Waals surface area contributed by atoms with Gasteiger partial charge < -0.3 is 5.32 Å².